The standard InChI is InChI=1S/C20H26N2O2S/c1-15-5-7-19(8-6-15)21-9-11-22(12-10-21)25(23,24)20-14-17(3)16(2)13-18(20)4/h5-8,13-14H,9-12H2,1-4H3. The Labute approximate surface area is 151 Å². The maximum Gasteiger partial charge on any atom is 0.243 e. The number of anilines is 1. The Hall–Kier alpha value is -1.85. The van der Waals surface area contributed by atoms with E-state index in [-0.39, 0.29) is 0 Å². The van der Waals surface area contributed by atoms with Gasteiger partial charge in [-0.05, 0) is 62.6 Å². The Bertz CT molecular complexity index is 865. The monoisotopic (exact) mass is 358 g/mol. The van der Waals surface area contributed by atoms with Crippen LogP contribution in [0.2, 0.25) is 0 Å². The van der Waals surface area contributed by atoms with Crippen LogP contribution in [0.1, 0.15) is 22.3 Å². The summed E-state index contributed by atoms with van der Waals surface area (Å²) in [6.45, 7) is 10.4. The van der Waals surface area contributed by atoms with Crippen LogP contribution in [0.4, 0.5) is 5.69 Å². The van der Waals surface area contributed by atoms with Gasteiger partial charge in [0, 0.05) is 31.9 Å². The first kappa shape index (κ1) is 18.0. The fourth-order valence-corrected chi connectivity index (χ4v) is 5.01. The summed E-state index contributed by atoms with van der Waals surface area (Å²) >= 11 is 0. The molecule has 1 heterocycles. The Morgan fingerprint density at radius 2 is 1.32 bits per heavy atom. The smallest absolute Gasteiger partial charge is 0.243 e. The van der Waals surface area contributed by atoms with Gasteiger partial charge in [-0.3, -0.25) is 0 Å². The summed E-state index contributed by atoms with van der Waals surface area (Å²) in [4.78, 5) is 2.69. The normalized spacial score (nSPS) is 16.2. The van der Waals surface area contributed by atoms with Crippen LogP contribution in [0.15, 0.2) is 41.3 Å². The first-order valence-electron chi connectivity index (χ1n) is 8.68. The van der Waals surface area contributed by atoms with E-state index in [1.807, 2.05) is 32.9 Å². The molecule has 2 aromatic rings. The van der Waals surface area contributed by atoms with Crippen LogP contribution in [-0.2, 0) is 10.0 Å². The summed E-state index contributed by atoms with van der Waals surface area (Å²) in [7, 11) is -3.44. The van der Waals surface area contributed by atoms with Gasteiger partial charge >= 0.3 is 0 Å². The number of hydrogen-bond donors (Lipinski definition) is 0. The molecular weight excluding hydrogens is 332 g/mol. The van der Waals surface area contributed by atoms with E-state index in [9.17, 15) is 8.42 Å². The highest BCUT2D eigenvalue weighted by Gasteiger charge is 2.30. The lowest BCUT2D eigenvalue weighted by molar-refractivity contribution is 0.384. The number of rotatable bonds is 3. The number of aryl methyl sites for hydroxylation is 4. The molecule has 1 aliphatic rings. The van der Waals surface area contributed by atoms with Crippen molar-refractivity contribution in [1.29, 1.82) is 0 Å². The van der Waals surface area contributed by atoms with Gasteiger partial charge in [-0.15, -0.1) is 0 Å². The van der Waals surface area contributed by atoms with Crippen molar-refractivity contribution in [3.63, 3.8) is 0 Å². The third kappa shape index (κ3) is 3.58. The zero-order valence-corrected chi connectivity index (χ0v) is 16.2. The molecule has 0 aromatic heterocycles. The van der Waals surface area contributed by atoms with Crippen LogP contribution in [0.25, 0.3) is 0 Å². The van der Waals surface area contributed by atoms with Crippen molar-refractivity contribution in [2.24, 2.45) is 0 Å². The fourth-order valence-electron chi connectivity index (χ4n) is 3.29. The second kappa shape index (κ2) is 6.81. The average molecular weight is 359 g/mol. The Morgan fingerprint density at radius 1 is 0.760 bits per heavy atom. The molecule has 0 saturated carbocycles. The minimum atomic E-state index is -3.44. The Morgan fingerprint density at radius 3 is 1.92 bits per heavy atom. The van der Waals surface area contributed by atoms with Crippen molar-refractivity contribution in [2.75, 3.05) is 31.1 Å². The second-order valence-electron chi connectivity index (χ2n) is 6.93. The molecule has 25 heavy (non-hydrogen) atoms. The first-order valence-corrected chi connectivity index (χ1v) is 10.1. The van der Waals surface area contributed by atoms with Gasteiger partial charge in [0.25, 0.3) is 0 Å². The van der Waals surface area contributed by atoms with Crippen molar-refractivity contribution in [3.8, 4) is 0 Å². The Kier molecular flexibility index (Phi) is 4.89. The highest BCUT2D eigenvalue weighted by atomic mass is 32.2. The summed E-state index contributed by atoms with van der Waals surface area (Å²) in [5.74, 6) is 0. The third-order valence-electron chi connectivity index (χ3n) is 5.05. The predicted octanol–water partition coefficient (Wildman–Crippen LogP) is 3.43. The highest BCUT2D eigenvalue weighted by molar-refractivity contribution is 7.89. The van der Waals surface area contributed by atoms with E-state index < -0.39 is 10.0 Å². The first-order chi connectivity index (χ1) is 11.8. The van der Waals surface area contributed by atoms with Crippen molar-refractivity contribution in [2.45, 2.75) is 32.6 Å². The maximum absolute atomic E-state index is 13.1. The Balaban J connectivity index is 1.78. The van der Waals surface area contributed by atoms with Crippen LogP contribution in [0.5, 0.6) is 0 Å². The lowest BCUT2D eigenvalue weighted by Crippen LogP contribution is -2.48. The molecule has 2 aromatic carbocycles. The van der Waals surface area contributed by atoms with E-state index in [2.05, 4.69) is 36.1 Å². The maximum atomic E-state index is 13.1. The molecule has 0 bridgehead atoms. The van der Waals surface area contributed by atoms with Crippen LogP contribution >= 0.6 is 0 Å². The summed E-state index contributed by atoms with van der Waals surface area (Å²) < 4.78 is 27.8. The molecular formula is C20H26N2O2S. The van der Waals surface area contributed by atoms with Crippen LogP contribution in [-0.4, -0.2) is 38.9 Å². The second-order valence-corrected chi connectivity index (χ2v) is 8.84. The van der Waals surface area contributed by atoms with E-state index in [0.29, 0.717) is 31.1 Å². The molecule has 0 aliphatic carbocycles. The van der Waals surface area contributed by atoms with Gasteiger partial charge in [0.1, 0.15) is 0 Å². The molecule has 1 aliphatic heterocycles. The molecule has 0 N–H and O–H groups in total. The molecule has 0 amide bonds. The van der Waals surface area contributed by atoms with E-state index in [0.717, 1.165) is 22.4 Å². The van der Waals surface area contributed by atoms with Crippen molar-refractivity contribution in [1.82, 2.24) is 4.31 Å². The van der Waals surface area contributed by atoms with Gasteiger partial charge in [-0.2, -0.15) is 4.31 Å². The molecule has 4 nitrogen and oxygen atoms in total. The van der Waals surface area contributed by atoms with Crippen molar-refractivity contribution in [3.05, 3.63) is 58.7 Å². The van der Waals surface area contributed by atoms with E-state index in [1.165, 1.54) is 5.56 Å². The molecule has 0 radical (unpaired) electrons. The van der Waals surface area contributed by atoms with Gasteiger partial charge in [0.05, 0.1) is 4.90 Å². The van der Waals surface area contributed by atoms with Crippen LogP contribution in [0.3, 0.4) is 0 Å². The lowest BCUT2D eigenvalue weighted by Gasteiger charge is -2.35. The number of sulfonamides is 1. The van der Waals surface area contributed by atoms with Crippen molar-refractivity contribution < 1.29 is 8.42 Å². The van der Waals surface area contributed by atoms with Gasteiger partial charge in [-0.25, -0.2) is 8.42 Å². The van der Waals surface area contributed by atoms with E-state index in [1.54, 1.807) is 4.31 Å². The molecule has 0 atom stereocenters. The topological polar surface area (TPSA) is 40.6 Å². The zero-order valence-electron chi connectivity index (χ0n) is 15.4. The molecule has 5 heteroatoms. The van der Waals surface area contributed by atoms with Gasteiger partial charge in [-0.1, -0.05) is 23.8 Å². The van der Waals surface area contributed by atoms with Gasteiger partial charge < -0.3 is 4.90 Å². The van der Waals surface area contributed by atoms with Crippen molar-refractivity contribution >= 4 is 15.7 Å². The highest BCUT2D eigenvalue weighted by Crippen LogP contribution is 2.25. The molecule has 134 valence electrons. The largest absolute Gasteiger partial charge is 0.369 e. The molecule has 3 rings (SSSR count). The lowest BCUT2D eigenvalue weighted by atomic mass is 10.1. The SMILES string of the molecule is Cc1ccc(N2CCN(S(=O)(=O)c3cc(C)c(C)cc3C)CC2)cc1. The number of hydrogen-bond acceptors (Lipinski definition) is 3. The summed E-state index contributed by atoms with van der Waals surface area (Å²) in [5.41, 5.74) is 5.35. The predicted molar refractivity (Wildman–Crippen MR) is 103 cm³/mol. The summed E-state index contributed by atoms with van der Waals surface area (Å²) in [6.07, 6.45) is 0. The minimum Gasteiger partial charge on any atom is -0.369 e. The molecule has 1 saturated heterocycles. The van der Waals surface area contributed by atoms with E-state index >= 15 is 0 Å². The molecule has 0 spiro atoms. The number of nitrogens with zero attached hydrogens (tertiary/aromatic N) is 2. The minimum absolute atomic E-state index is 0.444. The van der Waals surface area contributed by atoms with Gasteiger partial charge in [0.2, 0.25) is 10.0 Å². The molecule has 0 unspecified atom stereocenters. The number of benzene rings is 2. The summed E-state index contributed by atoms with van der Waals surface area (Å²) in [6, 6.07) is 12.2. The van der Waals surface area contributed by atoms with Crippen LogP contribution in [0, 0.1) is 27.7 Å². The van der Waals surface area contributed by atoms with E-state index in [4.69, 9.17) is 0 Å². The quantitative estimate of drug-likeness (QED) is 0.844. The van der Waals surface area contributed by atoms with Gasteiger partial charge in [0.15, 0.2) is 0 Å². The third-order valence-corrected chi connectivity index (χ3v) is 7.09. The zero-order chi connectivity index (χ0) is 18.2. The fraction of sp³-hybridized carbons (Fsp3) is 0.400. The van der Waals surface area contributed by atoms with Crippen LogP contribution < -0.4 is 4.90 Å². The molecule has 1 fully saturated rings. The summed E-state index contributed by atoms with van der Waals surface area (Å²) in [5, 5.41) is 0. The average Bonchev–Trinajstić information content (AvgIpc) is 2.59. The number of piperazine rings is 1.